The normalized spacial score (nSPS) is 24.1. The molecule has 1 fully saturated rings. The summed E-state index contributed by atoms with van der Waals surface area (Å²) in [5.74, 6) is -1.18. The van der Waals surface area contributed by atoms with Crippen molar-refractivity contribution in [3.63, 3.8) is 0 Å². The fourth-order valence-electron chi connectivity index (χ4n) is 2.62. The first-order chi connectivity index (χ1) is 9.59. The molecule has 1 aromatic rings. The van der Waals surface area contributed by atoms with E-state index in [-0.39, 0.29) is 5.91 Å². The number of carboxylic acid groups (broad SMARTS) is 1. The topological polar surface area (TPSA) is 78.4 Å². The van der Waals surface area contributed by atoms with E-state index >= 15 is 0 Å². The smallest absolute Gasteiger partial charge is 0.331 e. The molecule has 110 valence electrons. The lowest BCUT2D eigenvalue weighted by Crippen LogP contribution is -2.51. The Morgan fingerprint density at radius 3 is 2.90 bits per heavy atom. The predicted molar refractivity (Wildman–Crippen MR) is 77.7 cm³/mol. The Kier molecular flexibility index (Phi) is 4.77. The van der Waals surface area contributed by atoms with Crippen LogP contribution in [-0.2, 0) is 9.59 Å². The van der Waals surface area contributed by atoms with E-state index in [1.165, 1.54) is 11.3 Å². The Hall–Kier alpha value is -1.40. The molecule has 1 aromatic heterocycles. The van der Waals surface area contributed by atoms with Crippen molar-refractivity contribution in [1.29, 1.82) is 0 Å². The lowest BCUT2D eigenvalue weighted by Gasteiger charge is -2.36. The summed E-state index contributed by atoms with van der Waals surface area (Å²) < 4.78 is 0. The van der Waals surface area contributed by atoms with Gasteiger partial charge in [-0.1, -0.05) is 13.0 Å². The first-order valence-electron chi connectivity index (χ1n) is 6.87. The van der Waals surface area contributed by atoms with Crippen LogP contribution < -0.4 is 10.6 Å². The van der Waals surface area contributed by atoms with Gasteiger partial charge in [-0.15, -0.1) is 11.3 Å². The minimum absolute atomic E-state index is 0.159. The van der Waals surface area contributed by atoms with Gasteiger partial charge in [-0.05, 0) is 37.3 Å². The molecule has 20 heavy (non-hydrogen) atoms. The molecule has 2 atom stereocenters. The second kappa shape index (κ2) is 6.37. The number of carboxylic acids is 1. The molecule has 1 saturated heterocycles. The summed E-state index contributed by atoms with van der Waals surface area (Å²) in [6.07, 6.45) is 2.46. The lowest BCUT2D eigenvalue weighted by molar-refractivity contribution is -0.144. The highest BCUT2D eigenvalue weighted by atomic mass is 32.1. The Labute approximate surface area is 122 Å². The fourth-order valence-corrected chi connectivity index (χ4v) is 3.39. The van der Waals surface area contributed by atoms with E-state index in [0.717, 1.165) is 19.4 Å². The van der Waals surface area contributed by atoms with E-state index in [9.17, 15) is 14.7 Å². The number of amides is 1. The molecule has 0 aliphatic carbocycles. The van der Waals surface area contributed by atoms with E-state index in [1.54, 1.807) is 12.1 Å². The molecule has 2 rings (SSSR count). The second-order valence-corrected chi connectivity index (χ2v) is 6.15. The number of carbonyl (C=O) groups is 2. The van der Waals surface area contributed by atoms with Gasteiger partial charge in [-0.25, -0.2) is 4.79 Å². The Balaban J connectivity index is 2.13. The Morgan fingerprint density at radius 2 is 2.40 bits per heavy atom. The number of hydrogen-bond acceptors (Lipinski definition) is 4. The highest BCUT2D eigenvalue weighted by Gasteiger charge is 2.39. The zero-order chi connectivity index (χ0) is 14.6. The number of aliphatic carboxylic acids is 1. The second-order valence-electron chi connectivity index (χ2n) is 5.17. The van der Waals surface area contributed by atoms with Crippen LogP contribution in [0.25, 0.3) is 0 Å². The third kappa shape index (κ3) is 3.02. The first-order valence-corrected chi connectivity index (χ1v) is 7.75. The van der Waals surface area contributed by atoms with Crippen LogP contribution in [0.5, 0.6) is 0 Å². The molecule has 3 N–H and O–H groups in total. The van der Waals surface area contributed by atoms with Crippen LogP contribution in [0.1, 0.15) is 37.1 Å². The molecule has 1 amide bonds. The minimum atomic E-state index is -1.02. The van der Waals surface area contributed by atoms with Crippen LogP contribution in [0.3, 0.4) is 0 Å². The number of thiophene rings is 1. The van der Waals surface area contributed by atoms with Crippen molar-refractivity contribution in [2.24, 2.45) is 5.41 Å². The van der Waals surface area contributed by atoms with Gasteiger partial charge in [-0.2, -0.15) is 0 Å². The van der Waals surface area contributed by atoms with E-state index in [1.807, 2.05) is 12.3 Å². The molecule has 0 aromatic carbocycles. The summed E-state index contributed by atoms with van der Waals surface area (Å²) in [6.45, 7) is 3.52. The number of carbonyl (C=O) groups excluding carboxylic acids is 1. The number of rotatable bonds is 5. The summed E-state index contributed by atoms with van der Waals surface area (Å²) in [6, 6.07) is 2.58. The van der Waals surface area contributed by atoms with E-state index < -0.39 is 17.4 Å². The molecule has 1 aliphatic heterocycles. The van der Waals surface area contributed by atoms with E-state index in [0.29, 0.717) is 17.8 Å². The quantitative estimate of drug-likeness (QED) is 0.774. The van der Waals surface area contributed by atoms with Crippen molar-refractivity contribution in [2.45, 2.75) is 32.2 Å². The summed E-state index contributed by atoms with van der Waals surface area (Å²) in [4.78, 5) is 24.6. The van der Waals surface area contributed by atoms with Crippen LogP contribution in [0, 0.1) is 5.41 Å². The summed E-state index contributed by atoms with van der Waals surface area (Å²) >= 11 is 1.34. The largest absolute Gasteiger partial charge is 0.479 e. The highest BCUT2D eigenvalue weighted by Crippen LogP contribution is 2.31. The molecule has 0 saturated carbocycles. The predicted octanol–water partition coefficient (Wildman–Crippen LogP) is 1.77. The van der Waals surface area contributed by atoms with Crippen LogP contribution in [0.15, 0.2) is 17.5 Å². The zero-order valence-corrected chi connectivity index (χ0v) is 12.3. The van der Waals surface area contributed by atoms with E-state index in [4.69, 9.17) is 0 Å². The van der Waals surface area contributed by atoms with Crippen molar-refractivity contribution in [3.05, 3.63) is 22.4 Å². The monoisotopic (exact) mass is 296 g/mol. The van der Waals surface area contributed by atoms with Gasteiger partial charge >= 0.3 is 5.97 Å². The molecule has 2 heterocycles. The van der Waals surface area contributed by atoms with Crippen molar-refractivity contribution in [3.8, 4) is 0 Å². The SMILES string of the molecule is CCC1(C(=O)NC(C(=O)O)c2cccs2)CCCNC1. The van der Waals surface area contributed by atoms with Gasteiger partial charge in [0.05, 0.1) is 5.41 Å². The maximum atomic E-state index is 12.6. The standard InChI is InChI=1S/C14H20N2O3S/c1-2-14(6-4-7-15-9-14)13(19)16-11(12(17)18)10-5-3-8-20-10/h3,5,8,11,15H,2,4,6-7,9H2,1H3,(H,16,19)(H,17,18). The van der Waals surface area contributed by atoms with Crippen molar-refractivity contribution < 1.29 is 14.7 Å². The Bertz CT molecular complexity index is 467. The average molecular weight is 296 g/mol. The number of piperidine rings is 1. The van der Waals surface area contributed by atoms with Crippen molar-refractivity contribution in [2.75, 3.05) is 13.1 Å². The lowest BCUT2D eigenvalue weighted by atomic mass is 9.77. The van der Waals surface area contributed by atoms with Gasteiger partial charge in [0.1, 0.15) is 0 Å². The molecule has 0 spiro atoms. The first kappa shape index (κ1) is 15.0. The van der Waals surface area contributed by atoms with Gasteiger partial charge < -0.3 is 15.7 Å². The van der Waals surface area contributed by atoms with Gasteiger partial charge in [0, 0.05) is 11.4 Å². The summed E-state index contributed by atoms with van der Waals surface area (Å²) in [5.41, 5.74) is -0.483. The van der Waals surface area contributed by atoms with Crippen LogP contribution in [-0.4, -0.2) is 30.1 Å². The zero-order valence-electron chi connectivity index (χ0n) is 11.5. The summed E-state index contributed by atoms with van der Waals surface area (Å²) in [5, 5.41) is 17.1. The number of nitrogens with one attached hydrogen (secondary N) is 2. The van der Waals surface area contributed by atoms with Crippen molar-refractivity contribution >= 4 is 23.2 Å². The van der Waals surface area contributed by atoms with Gasteiger partial charge in [0.15, 0.2) is 6.04 Å². The van der Waals surface area contributed by atoms with Crippen LogP contribution >= 0.6 is 11.3 Å². The molecule has 5 nitrogen and oxygen atoms in total. The molecule has 0 bridgehead atoms. The molecular formula is C14H20N2O3S. The molecule has 2 unspecified atom stereocenters. The third-order valence-corrected chi connectivity index (χ3v) is 4.92. The van der Waals surface area contributed by atoms with Crippen LogP contribution in [0.2, 0.25) is 0 Å². The van der Waals surface area contributed by atoms with Crippen LogP contribution in [0.4, 0.5) is 0 Å². The fraction of sp³-hybridized carbons (Fsp3) is 0.571. The molecule has 0 radical (unpaired) electrons. The maximum Gasteiger partial charge on any atom is 0.331 e. The van der Waals surface area contributed by atoms with Gasteiger partial charge in [-0.3, -0.25) is 4.79 Å². The maximum absolute atomic E-state index is 12.6. The van der Waals surface area contributed by atoms with Gasteiger partial charge in [0.25, 0.3) is 0 Å². The average Bonchev–Trinajstić information content (AvgIpc) is 2.98. The van der Waals surface area contributed by atoms with Gasteiger partial charge in [0.2, 0.25) is 5.91 Å². The minimum Gasteiger partial charge on any atom is -0.479 e. The molecule has 1 aliphatic rings. The summed E-state index contributed by atoms with van der Waals surface area (Å²) in [7, 11) is 0. The molecule has 6 heteroatoms. The highest BCUT2D eigenvalue weighted by molar-refractivity contribution is 7.10. The van der Waals surface area contributed by atoms with E-state index in [2.05, 4.69) is 10.6 Å². The molecular weight excluding hydrogens is 276 g/mol. The van der Waals surface area contributed by atoms with Crippen molar-refractivity contribution in [1.82, 2.24) is 10.6 Å². The number of hydrogen-bond donors (Lipinski definition) is 3. The Morgan fingerprint density at radius 1 is 1.60 bits per heavy atom. The third-order valence-electron chi connectivity index (χ3n) is 3.98.